The van der Waals surface area contributed by atoms with Crippen LogP contribution in [-0.2, 0) is 9.53 Å². The number of thiocarbonyl (C=S) groups is 1. The van der Waals surface area contributed by atoms with Crippen LogP contribution >= 0.6 is 12.2 Å². The summed E-state index contributed by atoms with van der Waals surface area (Å²) >= 11 is 5.10. The minimum Gasteiger partial charge on any atom is -0.465 e. The molecule has 0 amide bonds. The Labute approximate surface area is 94.4 Å². The molecular weight excluding hydrogens is 210 g/mol. The smallest absolute Gasteiger partial charge is 0.325 e. The van der Waals surface area contributed by atoms with Crippen molar-refractivity contribution in [1.29, 1.82) is 0 Å². The summed E-state index contributed by atoms with van der Waals surface area (Å²) in [6.45, 7) is 2.27. The van der Waals surface area contributed by atoms with Gasteiger partial charge in [0.2, 0.25) is 0 Å². The fraction of sp³-hybridized carbons (Fsp3) is 0.273. The topological polar surface area (TPSA) is 38.3 Å². The lowest BCUT2D eigenvalue weighted by atomic mass is 10.2. The largest absolute Gasteiger partial charge is 0.465 e. The first-order valence-electron chi connectivity index (χ1n) is 4.73. The van der Waals surface area contributed by atoms with Crippen molar-refractivity contribution in [2.45, 2.75) is 6.92 Å². The molecular formula is C11H13NO2S. The predicted molar refractivity (Wildman–Crippen MR) is 62.8 cm³/mol. The molecule has 0 unspecified atom stereocenters. The molecule has 0 aromatic heterocycles. The lowest BCUT2D eigenvalue weighted by molar-refractivity contribution is -0.141. The molecule has 0 radical (unpaired) electrons. The third-order valence-corrected chi connectivity index (χ3v) is 2.11. The van der Waals surface area contributed by atoms with Crippen LogP contribution in [0, 0.1) is 0 Å². The summed E-state index contributed by atoms with van der Waals surface area (Å²) in [4.78, 5) is 11.6. The van der Waals surface area contributed by atoms with Gasteiger partial charge in [0.05, 0.1) is 6.61 Å². The van der Waals surface area contributed by atoms with Crippen LogP contribution < -0.4 is 5.32 Å². The van der Waals surface area contributed by atoms with E-state index in [1.165, 1.54) is 0 Å². The summed E-state index contributed by atoms with van der Waals surface area (Å²) in [5.41, 5.74) is 0.900. The summed E-state index contributed by atoms with van der Waals surface area (Å²) in [5, 5.41) is 2.84. The molecule has 0 aliphatic rings. The van der Waals surface area contributed by atoms with Gasteiger partial charge < -0.3 is 10.1 Å². The Bertz CT molecular complexity index is 338. The first kappa shape index (κ1) is 11.7. The van der Waals surface area contributed by atoms with E-state index in [1.54, 1.807) is 6.92 Å². The Balaban J connectivity index is 2.40. The number of benzene rings is 1. The maximum absolute atomic E-state index is 11.0. The maximum Gasteiger partial charge on any atom is 0.325 e. The summed E-state index contributed by atoms with van der Waals surface area (Å²) in [5.74, 6) is -0.296. The Hall–Kier alpha value is -1.42. The average molecular weight is 223 g/mol. The summed E-state index contributed by atoms with van der Waals surface area (Å²) in [6.07, 6.45) is 0. The van der Waals surface area contributed by atoms with Gasteiger partial charge in [-0.25, -0.2) is 0 Å². The van der Waals surface area contributed by atoms with Crippen molar-refractivity contribution in [2.75, 3.05) is 13.2 Å². The van der Waals surface area contributed by atoms with E-state index in [1.807, 2.05) is 30.3 Å². The van der Waals surface area contributed by atoms with Crippen LogP contribution in [0.5, 0.6) is 0 Å². The molecule has 4 heteroatoms. The van der Waals surface area contributed by atoms with Gasteiger partial charge in [-0.1, -0.05) is 42.5 Å². The summed E-state index contributed by atoms with van der Waals surface area (Å²) in [7, 11) is 0. The molecule has 0 saturated heterocycles. The zero-order chi connectivity index (χ0) is 11.1. The molecule has 1 aromatic carbocycles. The molecule has 0 aliphatic heterocycles. The third kappa shape index (κ3) is 4.08. The highest BCUT2D eigenvalue weighted by Gasteiger charge is 2.03. The monoisotopic (exact) mass is 223 g/mol. The van der Waals surface area contributed by atoms with E-state index in [9.17, 15) is 4.79 Å². The van der Waals surface area contributed by atoms with E-state index in [2.05, 4.69) is 5.32 Å². The highest BCUT2D eigenvalue weighted by molar-refractivity contribution is 7.80. The van der Waals surface area contributed by atoms with Crippen LogP contribution in [0.1, 0.15) is 12.5 Å². The zero-order valence-electron chi connectivity index (χ0n) is 8.53. The summed E-state index contributed by atoms with van der Waals surface area (Å²) < 4.78 is 4.77. The van der Waals surface area contributed by atoms with Gasteiger partial charge in [0.25, 0.3) is 0 Å². The van der Waals surface area contributed by atoms with E-state index in [0.717, 1.165) is 5.56 Å². The number of carbonyl (C=O) groups is 1. The van der Waals surface area contributed by atoms with Crippen molar-refractivity contribution in [1.82, 2.24) is 5.32 Å². The van der Waals surface area contributed by atoms with Crippen molar-refractivity contribution in [3.8, 4) is 0 Å². The van der Waals surface area contributed by atoms with Crippen molar-refractivity contribution >= 4 is 23.2 Å². The molecule has 0 heterocycles. The van der Waals surface area contributed by atoms with Crippen molar-refractivity contribution in [3.63, 3.8) is 0 Å². The molecule has 0 saturated carbocycles. The van der Waals surface area contributed by atoms with Crippen LogP contribution in [0.15, 0.2) is 30.3 Å². The number of ether oxygens (including phenoxy) is 1. The molecule has 1 aromatic rings. The van der Waals surface area contributed by atoms with Crippen molar-refractivity contribution in [2.24, 2.45) is 0 Å². The van der Waals surface area contributed by atoms with Crippen molar-refractivity contribution in [3.05, 3.63) is 35.9 Å². The first-order chi connectivity index (χ1) is 7.24. The van der Waals surface area contributed by atoms with E-state index >= 15 is 0 Å². The fourth-order valence-electron chi connectivity index (χ4n) is 1.06. The number of esters is 1. The Kier molecular flexibility index (Phi) is 4.77. The van der Waals surface area contributed by atoms with Crippen LogP contribution in [-0.4, -0.2) is 24.1 Å². The number of carbonyl (C=O) groups excluding carboxylic acids is 1. The second-order valence-corrected chi connectivity index (χ2v) is 3.26. The summed E-state index contributed by atoms with van der Waals surface area (Å²) in [6, 6.07) is 9.49. The van der Waals surface area contributed by atoms with Crippen molar-refractivity contribution < 1.29 is 9.53 Å². The second kappa shape index (κ2) is 6.14. The molecule has 1 N–H and O–H groups in total. The minimum atomic E-state index is -0.296. The van der Waals surface area contributed by atoms with Crippen LogP contribution in [0.2, 0.25) is 0 Å². The third-order valence-electron chi connectivity index (χ3n) is 1.73. The fourth-order valence-corrected chi connectivity index (χ4v) is 1.26. The number of hydrogen-bond donors (Lipinski definition) is 1. The second-order valence-electron chi connectivity index (χ2n) is 2.85. The molecule has 0 spiro atoms. The normalized spacial score (nSPS) is 9.40. The van der Waals surface area contributed by atoms with Gasteiger partial charge in [-0.15, -0.1) is 0 Å². The van der Waals surface area contributed by atoms with Crippen LogP contribution in [0.25, 0.3) is 0 Å². The molecule has 0 fully saturated rings. The molecule has 0 aliphatic carbocycles. The lowest BCUT2D eigenvalue weighted by Gasteiger charge is -2.06. The SMILES string of the molecule is CCOC(=O)CNC(=S)c1ccccc1. The average Bonchev–Trinajstić information content (AvgIpc) is 2.27. The van der Waals surface area contributed by atoms with Crippen LogP contribution in [0.3, 0.4) is 0 Å². The highest BCUT2D eigenvalue weighted by atomic mass is 32.1. The number of hydrogen-bond acceptors (Lipinski definition) is 3. The van der Waals surface area contributed by atoms with E-state index in [0.29, 0.717) is 11.6 Å². The van der Waals surface area contributed by atoms with Gasteiger partial charge in [-0.2, -0.15) is 0 Å². The van der Waals surface area contributed by atoms with Crippen LogP contribution in [0.4, 0.5) is 0 Å². The zero-order valence-corrected chi connectivity index (χ0v) is 9.34. The Morgan fingerprint density at radius 3 is 2.67 bits per heavy atom. The minimum absolute atomic E-state index is 0.113. The highest BCUT2D eigenvalue weighted by Crippen LogP contribution is 1.98. The van der Waals surface area contributed by atoms with Gasteiger partial charge in [-0.3, -0.25) is 4.79 Å². The van der Waals surface area contributed by atoms with Gasteiger partial charge >= 0.3 is 5.97 Å². The van der Waals surface area contributed by atoms with Gasteiger partial charge in [0.15, 0.2) is 0 Å². The lowest BCUT2D eigenvalue weighted by Crippen LogP contribution is -2.29. The quantitative estimate of drug-likeness (QED) is 0.620. The van der Waals surface area contributed by atoms with E-state index < -0.39 is 0 Å². The van der Waals surface area contributed by atoms with E-state index in [-0.39, 0.29) is 12.5 Å². The molecule has 1 rings (SSSR count). The Morgan fingerprint density at radius 2 is 2.07 bits per heavy atom. The van der Waals surface area contributed by atoms with Gasteiger partial charge in [0.1, 0.15) is 11.5 Å². The number of rotatable bonds is 4. The number of nitrogens with one attached hydrogen (secondary N) is 1. The molecule has 3 nitrogen and oxygen atoms in total. The molecule has 0 bridgehead atoms. The standard InChI is InChI=1S/C11H13NO2S/c1-2-14-10(13)8-12-11(15)9-6-4-3-5-7-9/h3-7H,2,8H2,1H3,(H,12,15). The molecule has 80 valence electrons. The Morgan fingerprint density at radius 1 is 1.40 bits per heavy atom. The van der Waals surface area contributed by atoms with Gasteiger partial charge in [-0.05, 0) is 6.92 Å². The van der Waals surface area contributed by atoms with Gasteiger partial charge in [0, 0.05) is 5.56 Å². The molecule has 0 atom stereocenters. The maximum atomic E-state index is 11.0. The molecule has 15 heavy (non-hydrogen) atoms. The first-order valence-corrected chi connectivity index (χ1v) is 5.13. The predicted octanol–water partition coefficient (Wildman–Crippen LogP) is 1.51. The van der Waals surface area contributed by atoms with E-state index in [4.69, 9.17) is 17.0 Å².